The van der Waals surface area contributed by atoms with Gasteiger partial charge in [-0.25, -0.2) is 22.2 Å². The highest BCUT2D eigenvalue weighted by molar-refractivity contribution is 7.90. The molecule has 5 aromatic rings. The minimum Gasteiger partial charge on any atom is -0.469 e. The SMILES string of the molecule is COC(=O)CCc1cccc(C2(C)CCCOC(C)(C)CS(=O)(=O)Cc3c(c(F)cc4[nH]ccc34)Oc3ccc(F)c(c3)-c3ncc2[nH]3)c1. The summed E-state index contributed by atoms with van der Waals surface area (Å²) in [5.41, 5.74) is 1.58. The summed E-state index contributed by atoms with van der Waals surface area (Å²) >= 11 is 0. The maximum absolute atomic E-state index is 15.6. The monoisotopic (exact) mass is 691 g/mol. The van der Waals surface area contributed by atoms with Gasteiger partial charge in [-0.3, -0.25) is 4.79 Å². The van der Waals surface area contributed by atoms with Crippen LogP contribution in [-0.2, 0) is 41.7 Å². The van der Waals surface area contributed by atoms with Crippen molar-refractivity contribution in [3.8, 4) is 22.9 Å². The summed E-state index contributed by atoms with van der Waals surface area (Å²) in [7, 11) is -2.49. The molecule has 6 rings (SSSR count). The highest BCUT2D eigenvalue weighted by Gasteiger charge is 2.34. The smallest absolute Gasteiger partial charge is 0.305 e. The van der Waals surface area contributed by atoms with E-state index < -0.39 is 38.2 Å². The molecule has 1 aliphatic rings. The zero-order valence-corrected chi connectivity index (χ0v) is 28.7. The van der Waals surface area contributed by atoms with Crippen LogP contribution in [0, 0.1) is 11.6 Å². The quantitative estimate of drug-likeness (QED) is 0.187. The molecule has 49 heavy (non-hydrogen) atoms. The number of imidazole rings is 1. The van der Waals surface area contributed by atoms with Crippen molar-refractivity contribution in [3.05, 3.63) is 101 Å². The number of H-pyrrole nitrogens is 2. The van der Waals surface area contributed by atoms with Crippen molar-refractivity contribution in [2.75, 3.05) is 19.5 Å². The molecule has 0 aliphatic carbocycles. The van der Waals surface area contributed by atoms with Crippen molar-refractivity contribution in [1.29, 1.82) is 0 Å². The van der Waals surface area contributed by atoms with Crippen LogP contribution in [0.1, 0.15) is 62.4 Å². The van der Waals surface area contributed by atoms with E-state index in [1.165, 1.54) is 31.4 Å². The normalized spacial score (nSPS) is 19.3. The Morgan fingerprint density at radius 3 is 2.67 bits per heavy atom. The first kappa shape index (κ1) is 34.3. The first-order valence-corrected chi connectivity index (χ1v) is 17.9. The largest absolute Gasteiger partial charge is 0.469 e. The molecule has 258 valence electrons. The number of benzene rings is 3. The number of nitrogens with one attached hydrogen (secondary N) is 2. The number of aromatic amines is 2. The van der Waals surface area contributed by atoms with E-state index in [9.17, 15) is 13.2 Å². The third kappa shape index (κ3) is 7.40. The molecular formula is C37H39F2N3O6S. The third-order valence-electron chi connectivity index (χ3n) is 9.10. The van der Waals surface area contributed by atoms with Gasteiger partial charge in [0, 0.05) is 59.1 Å². The third-order valence-corrected chi connectivity index (χ3v) is 11.0. The molecule has 0 fully saturated rings. The van der Waals surface area contributed by atoms with E-state index in [1.54, 1.807) is 32.3 Å². The Bertz CT molecular complexity index is 2120. The van der Waals surface area contributed by atoms with E-state index in [0.717, 1.165) is 11.1 Å². The number of sulfone groups is 1. The van der Waals surface area contributed by atoms with Gasteiger partial charge in [-0.2, -0.15) is 0 Å². The Morgan fingerprint density at radius 2 is 1.88 bits per heavy atom. The maximum atomic E-state index is 15.6. The van der Waals surface area contributed by atoms with E-state index in [-0.39, 0.29) is 53.2 Å². The molecular weight excluding hydrogens is 652 g/mol. The molecule has 2 aromatic heterocycles. The number of fused-ring (bicyclic) bond motifs is 8. The lowest BCUT2D eigenvalue weighted by atomic mass is 9.75. The number of carbonyl (C=O) groups is 1. The standard InChI is InChI=1S/C37H39F2N3O6S/c1-36(2)22-49(44,45)21-28-26-13-15-40-31(26)19-30(39)34(28)48-25-10-11-29(38)27(18-25)35-41-20-32(42-35)37(3,14-6-16-47-36)24-8-5-7-23(17-24)9-12-33(43)46-4/h5,7-8,10-11,13,15,17-20,40H,6,9,12,14,16,21-22H2,1-4H3,(H,41,42). The molecule has 0 spiro atoms. The first-order chi connectivity index (χ1) is 23.3. The Balaban J connectivity index is 1.45. The van der Waals surface area contributed by atoms with Crippen LogP contribution in [-0.4, -0.2) is 54.4 Å². The Morgan fingerprint density at radius 1 is 1.06 bits per heavy atom. The van der Waals surface area contributed by atoms with Crippen LogP contribution in [0.25, 0.3) is 22.3 Å². The second-order valence-corrected chi connectivity index (χ2v) is 15.4. The summed E-state index contributed by atoms with van der Waals surface area (Å²) < 4.78 is 75.5. The Hall–Kier alpha value is -4.55. The number of aryl methyl sites for hydroxylation is 1. The average Bonchev–Trinajstić information content (AvgIpc) is 3.74. The lowest BCUT2D eigenvalue weighted by Gasteiger charge is -2.31. The van der Waals surface area contributed by atoms with Crippen molar-refractivity contribution >= 4 is 26.7 Å². The molecule has 1 unspecified atom stereocenters. The second-order valence-electron chi connectivity index (χ2n) is 13.3. The predicted molar refractivity (Wildman–Crippen MR) is 182 cm³/mol. The fourth-order valence-corrected chi connectivity index (χ4v) is 8.52. The molecule has 12 heteroatoms. The van der Waals surface area contributed by atoms with E-state index in [2.05, 4.69) is 21.9 Å². The average molecular weight is 692 g/mol. The van der Waals surface area contributed by atoms with Gasteiger partial charge in [0.15, 0.2) is 21.4 Å². The minimum atomic E-state index is -3.85. The summed E-state index contributed by atoms with van der Waals surface area (Å²) in [5, 5.41) is 0.500. The molecule has 1 aliphatic heterocycles. The number of hydrogen-bond donors (Lipinski definition) is 2. The van der Waals surface area contributed by atoms with Gasteiger partial charge < -0.3 is 24.2 Å². The number of nitrogens with zero attached hydrogens (tertiary/aromatic N) is 1. The zero-order chi connectivity index (χ0) is 35.0. The van der Waals surface area contributed by atoms with Gasteiger partial charge in [0.25, 0.3) is 0 Å². The number of rotatable bonds is 4. The number of halogens is 2. The van der Waals surface area contributed by atoms with Crippen LogP contribution in [0.2, 0.25) is 0 Å². The van der Waals surface area contributed by atoms with Gasteiger partial charge in [-0.15, -0.1) is 0 Å². The van der Waals surface area contributed by atoms with Crippen LogP contribution in [0.15, 0.2) is 67.0 Å². The van der Waals surface area contributed by atoms with Crippen molar-refractivity contribution in [2.24, 2.45) is 0 Å². The molecule has 0 amide bonds. The van der Waals surface area contributed by atoms with E-state index in [1.807, 2.05) is 24.3 Å². The van der Waals surface area contributed by atoms with Gasteiger partial charge in [0.1, 0.15) is 17.4 Å². The lowest BCUT2D eigenvalue weighted by molar-refractivity contribution is -0.140. The molecule has 0 saturated heterocycles. The number of ether oxygens (including phenoxy) is 3. The summed E-state index contributed by atoms with van der Waals surface area (Å²) in [6.45, 7) is 5.76. The van der Waals surface area contributed by atoms with Crippen LogP contribution in [0.4, 0.5) is 8.78 Å². The first-order valence-electron chi connectivity index (χ1n) is 16.1. The number of carbonyl (C=O) groups excluding carboxylic acids is 1. The number of esters is 1. The highest BCUT2D eigenvalue weighted by Crippen LogP contribution is 2.40. The van der Waals surface area contributed by atoms with E-state index >= 15 is 8.78 Å². The van der Waals surface area contributed by atoms with Gasteiger partial charge in [0.05, 0.1) is 29.8 Å². The van der Waals surface area contributed by atoms with Crippen LogP contribution in [0.5, 0.6) is 11.5 Å². The molecule has 3 aromatic carbocycles. The molecule has 9 nitrogen and oxygen atoms in total. The lowest BCUT2D eigenvalue weighted by Crippen LogP contribution is -2.35. The second kappa shape index (κ2) is 13.4. The van der Waals surface area contributed by atoms with Gasteiger partial charge in [-0.1, -0.05) is 24.3 Å². The zero-order valence-electron chi connectivity index (χ0n) is 27.9. The fourth-order valence-electron chi connectivity index (χ4n) is 6.55. The van der Waals surface area contributed by atoms with Crippen LogP contribution in [0.3, 0.4) is 0 Å². The number of hydrogen-bond acceptors (Lipinski definition) is 7. The Kier molecular flexibility index (Phi) is 9.38. The van der Waals surface area contributed by atoms with Crippen molar-refractivity contribution in [2.45, 2.75) is 63.2 Å². The topological polar surface area (TPSA) is 123 Å². The van der Waals surface area contributed by atoms with Crippen molar-refractivity contribution < 1.29 is 36.2 Å². The fraction of sp³-hybridized carbons (Fsp3) is 0.351. The molecule has 0 saturated carbocycles. The Labute approximate surface area is 283 Å². The van der Waals surface area contributed by atoms with Gasteiger partial charge in [-0.05, 0) is 75.4 Å². The molecule has 1 atom stereocenters. The summed E-state index contributed by atoms with van der Waals surface area (Å²) in [4.78, 5) is 22.7. The molecule has 4 bridgehead atoms. The summed E-state index contributed by atoms with van der Waals surface area (Å²) in [6, 6.07) is 14.8. The minimum absolute atomic E-state index is 0.0985. The highest BCUT2D eigenvalue weighted by atomic mass is 32.2. The van der Waals surface area contributed by atoms with E-state index in [0.29, 0.717) is 35.9 Å². The molecule has 2 N–H and O–H groups in total. The van der Waals surface area contributed by atoms with Gasteiger partial charge in [0.2, 0.25) is 0 Å². The van der Waals surface area contributed by atoms with E-state index in [4.69, 9.17) is 14.2 Å². The number of aromatic nitrogens is 3. The summed E-state index contributed by atoms with van der Waals surface area (Å²) in [5.74, 6) is -2.36. The van der Waals surface area contributed by atoms with Crippen molar-refractivity contribution in [3.63, 3.8) is 0 Å². The van der Waals surface area contributed by atoms with Crippen LogP contribution < -0.4 is 4.74 Å². The molecule has 0 radical (unpaired) electrons. The van der Waals surface area contributed by atoms with Gasteiger partial charge >= 0.3 is 5.97 Å². The van der Waals surface area contributed by atoms with Crippen molar-refractivity contribution in [1.82, 2.24) is 15.0 Å². The maximum Gasteiger partial charge on any atom is 0.305 e. The molecule has 3 heterocycles. The number of methoxy groups -OCH3 is 1. The van der Waals surface area contributed by atoms with Crippen LogP contribution >= 0.6 is 0 Å². The summed E-state index contributed by atoms with van der Waals surface area (Å²) in [6.07, 6.45) is 5.13. The predicted octanol–water partition coefficient (Wildman–Crippen LogP) is 7.54.